The van der Waals surface area contributed by atoms with Crippen molar-refractivity contribution in [3.05, 3.63) is 17.5 Å². The topological polar surface area (TPSA) is 70.5 Å². The second-order valence-electron chi connectivity index (χ2n) is 6.29. The number of nitrogens with zero attached hydrogens (tertiary/aromatic N) is 4. The molecule has 2 aliphatic rings. The van der Waals surface area contributed by atoms with E-state index in [-0.39, 0.29) is 18.0 Å². The van der Waals surface area contributed by atoms with E-state index in [0.717, 1.165) is 9.58 Å². The standard InChI is InChI=1S/C14H18F3N5O2/c1-20-11(23)13(19-12(20)24)3-5-22(6-4-13)8-9-7-18-21(2)10(9)14(15,16)17/h7H,3-6,8H2,1-2H3,(H,19,24). The number of hydrogen-bond donors (Lipinski definition) is 1. The van der Waals surface area contributed by atoms with Gasteiger partial charge in [0.1, 0.15) is 11.2 Å². The number of likely N-dealkylation sites (tertiary alicyclic amines) is 1. The quantitative estimate of drug-likeness (QED) is 0.811. The molecule has 1 aromatic heterocycles. The summed E-state index contributed by atoms with van der Waals surface area (Å²) < 4.78 is 40.1. The van der Waals surface area contributed by atoms with Gasteiger partial charge in [-0.1, -0.05) is 0 Å². The summed E-state index contributed by atoms with van der Waals surface area (Å²) in [5, 5.41) is 6.41. The number of likely N-dealkylation sites (N-methyl/N-ethyl adjacent to an activating group) is 1. The fourth-order valence-corrected chi connectivity index (χ4v) is 3.39. The van der Waals surface area contributed by atoms with Crippen molar-refractivity contribution in [2.24, 2.45) is 7.05 Å². The minimum absolute atomic E-state index is 0.108. The molecule has 132 valence electrons. The van der Waals surface area contributed by atoms with E-state index in [1.807, 2.05) is 4.90 Å². The SMILES string of the molecule is CN1C(=O)NC2(CCN(Cc3cnn(C)c3C(F)(F)F)CC2)C1=O. The molecule has 2 saturated heterocycles. The molecule has 3 heterocycles. The van der Waals surface area contributed by atoms with Crippen molar-refractivity contribution >= 4 is 11.9 Å². The summed E-state index contributed by atoms with van der Waals surface area (Å²) >= 11 is 0. The van der Waals surface area contributed by atoms with Crippen LogP contribution in [-0.2, 0) is 24.6 Å². The molecule has 3 rings (SSSR count). The first-order chi connectivity index (χ1) is 11.1. The van der Waals surface area contributed by atoms with E-state index in [4.69, 9.17) is 0 Å². The number of piperidine rings is 1. The third kappa shape index (κ3) is 2.64. The van der Waals surface area contributed by atoms with E-state index in [1.54, 1.807) is 0 Å². The van der Waals surface area contributed by atoms with Crippen molar-refractivity contribution in [1.82, 2.24) is 24.9 Å². The lowest BCUT2D eigenvalue weighted by Crippen LogP contribution is -2.54. The molecule has 0 aromatic carbocycles. The van der Waals surface area contributed by atoms with Crippen LogP contribution in [0, 0.1) is 0 Å². The normalized spacial score (nSPS) is 21.6. The number of halogens is 3. The monoisotopic (exact) mass is 345 g/mol. The van der Waals surface area contributed by atoms with E-state index in [0.29, 0.717) is 25.9 Å². The first kappa shape index (κ1) is 16.7. The fraction of sp³-hybridized carbons (Fsp3) is 0.643. The highest BCUT2D eigenvalue weighted by atomic mass is 19.4. The Labute approximate surface area is 136 Å². The molecule has 7 nitrogen and oxygen atoms in total. The maximum atomic E-state index is 13.1. The Bertz CT molecular complexity index is 676. The zero-order chi connectivity index (χ0) is 17.7. The molecule has 1 N–H and O–H groups in total. The lowest BCUT2D eigenvalue weighted by Gasteiger charge is -2.37. The number of aryl methyl sites for hydroxylation is 1. The summed E-state index contributed by atoms with van der Waals surface area (Å²) in [4.78, 5) is 26.7. The Hall–Kier alpha value is -2.10. The zero-order valence-corrected chi connectivity index (χ0v) is 13.4. The predicted molar refractivity (Wildman–Crippen MR) is 76.8 cm³/mol. The van der Waals surface area contributed by atoms with Gasteiger partial charge in [0.15, 0.2) is 0 Å². The second-order valence-corrected chi connectivity index (χ2v) is 6.29. The molecule has 0 radical (unpaired) electrons. The van der Waals surface area contributed by atoms with E-state index in [9.17, 15) is 22.8 Å². The van der Waals surface area contributed by atoms with Crippen molar-refractivity contribution in [3.63, 3.8) is 0 Å². The van der Waals surface area contributed by atoms with Crippen LogP contribution in [-0.4, -0.2) is 57.2 Å². The van der Waals surface area contributed by atoms with Crippen molar-refractivity contribution in [2.75, 3.05) is 20.1 Å². The van der Waals surface area contributed by atoms with Gasteiger partial charge >= 0.3 is 12.2 Å². The van der Waals surface area contributed by atoms with E-state index in [2.05, 4.69) is 10.4 Å². The maximum Gasteiger partial charge on any atom is 0.433 e. The van der Waals surface area contributed by atoms with Crippen LogP contribution < -0.4 is 5.32 Å². The van der Waals surface area contributed by atoms with Crippen LogP contribution in [0.5, 0.6) is 0 Å². The molecule has 0 atom stereocenters. The van der Waals surface area contributed by atoms with Gasteiger partial charge in [-0.15, -0.1) is 0 Å². The third-order valence-corrected chi connectivity index (χ3v) is 4.75. The number of imide groups is 1. The number of aromatic nitrogens is 2. The van der Waals surface area contributed by atoms with Gasteiger partial charge in [0.2, 0.25) is 0 Å². The molecule has 3 amide bonds. The molecule has 2 fully saturated rings. The van der Waals surface area contributed by atoms with Crippen LogP contribution in [0.15, 0.2) is 6.20 Å². The molecule has 0 unspecified atom stereocenters. The van der Waals surface area contributed by atoms with Gasteiger partial charge in [-0.25, -0.2) is 4.79 Å². The molecule has 0 saturated carbocycles. The van der Waals surface area contributed by atoms with Crippen molar-refractivity contribution < 1.29 is 22.8 Å². The highest BCUT2D eigenvalue weighted by Crippen LogP contribution is 2.34. The smallest absolute Gasteiger partial charge is 0.323 e. The largest absolute Gasteiger partial charge is 0.433 e. The zero-order valence-electron chi connectivity index (χ0n) is 13.4. The second kappa shape index (κ2) is 5.47. The van der Waals surface area contributed by atoms with Crippen LogP contribution in [0.25, 0.3) is 0 Å². The molecular formula is C14H18F3N5O2. The first-order valence-corrected chi connectivity index (χ1v) is 7.55. The molecule has 0 aliphatic carbocycles. The van der Waals surface area contributed by atoms with Crippen LogP contribution in [0.1, 0.15) is 24.1 Å². The highest BCUT2D eigenvalue weighted by Gasteiger charge is 2.51. The van der Waals surface area contributed by atoms with Gasteiger partial charge in [-0.3, -0.25) is 19.3 Å². The van der Waals surface area contributed by atoms with Gasteiger partial charge in [-0.2, -0.15) is 18.3 Å². The minimum atomic E-state index is -4.46. The number of carbonyl (C=O) groups excluding carboxylic acids is 2. The highest BCUT2D eigenvalue weighted by molar-refractivity contribution is 6.06. The summed E-state index contributed by atoms with van der Waals surface area (Å²) in [6.45, 7) is 0.953. The molecule has 0 bridgehead atoms. The van der Waals surface area contributed by atoms with Crippen LogP contribution >= 0.6 is 0 Å². The van der Waals surface area contributed by atoms with Gasteiger partial charge in [-0.05, 0) is 12.8 Å². The third-order valence-electron chi connectivity index (χ3n) is 4.75. The Morgan fingerprint density at radius 1 is 1.25 bits per heavy atom. The Balaban J connectivity index is 1.69. The van der Waals surface area contributed by atoms with E-state index < -0.39 is 23.4 Å². The average Bonchev–Trinajstić information content (AvgIpc) is 2.96. The van der Waals surface area contributed by atoms with E-state index >= 15 is 0 Å². The molecule has 24 heavy (non-hydrogen) atoms. The number of amides is 3. The average molecular weight is 345 g/mol. The van der Waals surface area contributed by atoms with Crippen LogP contribution in [0.2, 0.25) is 0 Å². The Morgan fingerprint density at radius 3 is 2.38 bits per heavy atom. The maximum absolute atomic E-state index is 13.1. The number of alkyl halides is 3. The first-order valence-electron chi connectivity index (χ1n) is 7.55. The van der Waals surface area contributed by atoms with E-state index in [1.165, 1.54) is 20.3 Å². The summed E-state index contributed by atoms with van der Waals surface area (Å²) in [6, 6.07) is -0.430. The van der Waals surface area contributed by atoms with Crippen molar-refractivity contribution in [2.45, 2.75) is 31.1 Å². The van der Waals surface area contributed by atoms with Gasteiger partial charge in [0.05, 0.1) is 6.20 Å². The number of hydrogen-bond acceptors (Lipinski definition) is 4. The molecule has 1 spiro atoms. The molecule has 2 aliphatic heterocycles. The number of urea groups is 1. The van der Waals surface area contributed by atoms with Gasteiger partial charge in [0, 0.05) is 39.3 Å². The minimum Gasteiger partial charge on any atom is -0.323 e. The summed E-state index contributed by atoms with van der Waals surface area (Å²) in [7, 11) is 2.68. The summed E-state index contributed by atoms with van der Waals surface area (Å²) in [5.41, 5.74) is -1.56. The van der Waals surface area contributed by atoms with Crippen molar-refractivity contribution in [3.8, 4) is 0 Å². The number of nitrogens with one attached hydrogen (secondary N) is 1. The van der Waals surface area contributed by atoms with Gasteiger partial charge in [0.25, 0.3) is 5.91 Å². The summed E-state index contributed by atoms with van der Waals surface area (Å²) in [5.74, 6) is -0.274. The lowest BCUT2D eigenvalue weighted by atomic mass is 9.87. The van der Waals surface area contributed by atoms with Gasteiger partial charge < -0.3 is 5.32 Å². The van der Waals surface area contributed by atoms with Crippen LogP contribution in [0.3, 0.4) is 0 Å². The lowest BCUT2D eigenvalue weighted by molar-refractivity contribution is -0.144. The molecule has 1 aromatic rings. The number of carbonyl (C=O) groups is 2. The molecular weight excluding hydrogens is 327 g/mol. The number of rotatable bonds is 2. The van der Waals surface area contributed by atoms with Crippen LogP contribution in [0.4, 0.5) is 18.0 Å². The fourth-order valence-electron chi connectivity index (χ4n) is 3.39. The summed E-state index contributed by atoms with van der Waals surface area (Å²) in [6.07, 6.45) is -2.48. The Kier molecular flexibility index (Phi) is 3.82. The molecule has 10 heteroatoms. The predicted octanol–water partition coefficient (Wildman–Crippen LogP) is 0.955. The van der Waals surface area contributed by atoms with Crippen molar-refractivity contribution in [1.29, 1.82) is 0 Å². The Morgan fingerprint density at radius 2 is 1.88 bits per heavy atom.